The van der Waals surface area contributed by atoms with Crippen LogP contribution in [0.2, 0.25) is 0 Å². The van der Waals surface area contributed by atoms with Gasteiger partial charge in [-0.1, -0.05) is 0 Å². The summed E-state index contributed by atoms with van der Waals surface area (Å²) in [7, 11) is 0. The number of carbonyl (C=O) groups excluding carboxylic acids is 1. The lowest BCUT2D eigenvalue weighted by molar-refractivity contribution is 0.111. The van der Waals surface area contributed by atoms with Gasteiger partial charge < -0.3 is 4.74 Å². The van der Waals surface area contributed by atoms with Crippen LogP contribution in [0, 0.1) is 17.5 Å². The number of hydrogen-bond acceptors (Lipinski definition) is 2. The standard InChI is InChI=1S/C14H8BrF3O2/c15-11-2-3-12(17)10(14(11)18)7-20-13-4-1-9(16)5-8(13)6-19/h1-6H,7H2. The molecule has 20 heavy (non-hydrogen) atoms. The zero-order chi connectivity index (χ0) is 14.7. The second-order valence-corrected chi connectivity index (χ2v) is 4.76. The zero-order valence-electron chi connectivity index (χ0n) is 10.00. The molecule has 0 atom stereocenters. The third kappa shape index (κ3) is 3.01. The van der Waals surface area contributed by atoms with E-state index >= 15 is 0 Å². The smallest absolute Gasteiger partial charge is 0.153 e. The number of rotatable bonds is 4. The van der Waals surface area contributed by atoms with Crippen molar-refractivity contribution in [2.24, 2.45) is 0 Å². The highest BCUT2D eigenvalue weighted by atomic mass is 79.9. The highest BCUT2D eigenvalue weighted by Crippen LogP contribution is 2.24. The molecule has 0 saturated heterocycles. The van der Waals surface area contributed by atoms with Gasteiger partial charge in [0.05, 0.1) is 15.6 Å². The number of ether oxygens (including phenoxy) is 1. The van der Waals surface area contributed by atoms with Gasteiger partial charge in [0.25, 0.3) is 0 Å². The topological polar surface area (TPSA) is 26.3 Å². The minimum Gasteiger partial charge on any atom is -0.488 e. The lowest BCUT2D eigenvalue weighted by atomic mass is 10.2. The predicted molar refractivity (Wildman–Crippen MR) is 70.2 cm³/mol. The van der Waals surface area contributed by atoms with Crippen molar-refractivity contribution in [2.75, 3.05) is 0 Å². The highest BCUT2D eigenvalue weighted by molar-refractivity contribution is 9.10. The summed E-state index contributed by atoms with van der Waals surface area (Å²) in [6.07, 6.45) is 0.409. The fourth-order valence-electron chi connectivity index (χ4n) is 1.59. The van der Waals surface area contributed by atoms with Crippen LogP contribution in [0.25, 0.3) is 0 Å². The molecule has 0 aliphatic carbocycles. The van der Waals surface area contributed by atoms with Gasteiger partial charge in [-0.2, -0.15) is 0 Å². The van der Waals surface area contributed by atoms with Crippen LogP contribution in [0.1, 0.15) is 15.9 Å². The summed E-state index contributed by atoms with van der Waals surface area (Å²) in [5, 5.41) is 0. The molecule has 0 radical (unpaired) electrons. The van der Waals surface area contributed by atoms with Gasteiger partial charge in [-0.15, -0.1) is 0 Å². The summed E-state index contributed by atoms with van der Waals surface area (Å²) in [5.41, 5.74) is -0.304. The first-order valence-corrected chi connectivity index (χ1v) is 6.32. The van der Waals surface area contributed by atoms with Gasteiger partial charge in [-0.3, -0.25) is 4.79 Å². The van der Waals surface area contributed by atoms with Crippen molar-refractivity contribution in [1.82, 2.24) is 0 Å². The molecular formula is C14H8BrF3O2. The molecule has 2 aromatic carbocycles. The Hall–Kier alpha value is -1.82. The molecule has 0 aromatic heterocycles. The van der Waals surface area contributed by atoms with Crippen LogP contribution in [-0.4, -0.2) is 6.29 Å². The third-order valence-electron chi connectivity index (χ3n) is 2.61. The van der Waals surface area contributed by atoms with Gasteiger partial charge in [0.2, 0.25) is 0 Å². The van der Waals surface area contributed by atoms with Crippen molar-refractivity contribution in [2.45, 2.75) is 6.61 Å². The van der Waals surface area contributed by atoms with Crippen LogP contribution in [-0.2, 0) is 6.61 Å². The Labute approximate surface area is 121 Å². The predicted octanol–water partition coefficient (Wildman–Crippen LogP) is 4.26. The van der Waals surface area contributed by atoms with Crippen molar-refractivity contribution in [3.8, 4) is 5.75 Å². The van der Waals surface area contributed by atoms with Crippen molar-refractivity contribution >= 4 is 22.2 Å². The van der Waals surface area contributed by atoms with E-state index in [0.29, 0.717) is 6.29 Å². The zero-order valence-corrected chi connectivity index (χ0v) is 11.6. The van der Waals surface area contributed by atoms with E-state index in [1.165, 1.54) is 12.1 Å². The monoisotopic (exact) mass is 344 g/mol. The maximum absolute atomic E-state index is 13.7. The Kier molecular flexibility index (Phi) is 4.44. The second kappa shape index (κ2) is 6.09. The molecule has 0 aliphatic heterocycles. The number of benzene rings is 2. The quantitative estimate of drug-likeness (QED) is 0.612. The molecule has 0 fully saturated rings. The Morgan fingerprint density at radius 2 is 1.90 bits per heavy atom. The van der Waals surface area contributed by atoms with Gasteiger partial charge in [0.1, 0.15) is 29.8 Å². The molecule has 0 bridgehead atoms. The van der Waals surface area contributed by atoms with Gasteiger partial charge in [0, 0.05) is 0 Å². The SMILES string of the molecule is O=Cc1cc(F)ccc1OCc1c(F)ccc(Br)c1F. The minimum atomic E-state index is -0.778. The maximum Gasteiger partial charge on any atom is 0.153 e. The number of halogens is 4. The average Bonchev–Trinajstić information content (AvgIpc) is 2.44. The summed E-state index contributed by atoms with van der Waals surface area (Å²) >= 11 is 2.94. The molecule has 0 spiro atoms. The Balaban J connectivity index is 2.25. The van der Waals surface area contributed by atoms with Crippen molar-refractivity contribution in [3.63, 3.8) is 0 Å². The van der Waals surface area contributed by atoms with Gasteiger partial charge in [-0.25, -0.2) is 13.2 Å². The lowest BCUT2D eigenvalue weighted by Gasteiger charge is -2.10. The van der Waals surface area contributed by atoms with E-state index in [9.17, 15) is 18.0 Å². The maximum atomic E-state index is 13.7. The molecule has 0 N–H and O–H groups in total. The van der Waals surface area contributed by atoms with Crippen LogP contribution in [0.15, 0.2) is 34.8 Å². The van der Waals surface area contributed by atoms with E-state index in [-0.39, 0.29) is 21.3 Å². The van der Waals surface area contributed by atoms with E-state index < -0.39 is 24.1 Å². The molecule has 2 nitrogen and oxygen atoms in total. The van der Waals surface area contributed by atoms with Gasteiger partial charge in [0.15, 0.2) is 6.29 Å². The fourth-order valence-corrected chi connectivity index (χ4v) is 1.97. The van der Waals surface area contributed by atoms with Crippen molar-refractivity contribution in [3.05, 3.63) is 63.4 Å². The van der Waals surface area contributed by atoms with Crippen LogP contribution >= 0.6 is 15.9 Å². The molecule has 0 aliphatic rings. The fraction of sp³-hybridized carbons (Fsp3) is 0.0714. The van der Waals surface area contributed by atoms with E-state index in [2.05, 4.69) is 15.9 Å². The van der Waals surface area contributed by atoms with Crippen LogP contribution < -0.4 is 4.74 Å². The van der Waals surface area contributed by atoms with Crippen LogP contribution in [0.5, 0.6) is 5.75 Å². The largest absolute Gasteiger partial charge is 0.488 e. The summed E-state index contributed by atoms with van der Waals surface area (Å²) in [4.78, 5) is 10.8. The van der Waals surface area contributed by atoms with Gasteiger partial charge in [-0.05, 0) is 46.3 Å². The molecular weight excluding hydrogens is 337 g/mol. The van der Waals surface area contributed by atoms with E-state index in [1.807, 2.05) is 0 Å². The lowest BCUT2D eigenvalue weighted by Crippen LogP contribution is -2.04. The molecule has 6 heteroatoms. The first-order valence-electron chi connectivity index (χ1n) is 5.53. The van der Waals surface area contributed by atoms with Gasteiger partial charge >= 0.3 is 0 Å². The Bertz CT molecular complexity index is 659. The first kappa shape index (κ1) is 14.6. The molecule has 2 aromatic rings. The van der Waals surface area contributed by atoms with Crippen molar-refractivity contribution < 1.29 is 22.7 Å². The average molecular weight is 345 g/mol. The Morgan fingerprint density at radius 1 is 1.15 bits per heavy atom. The molecule has 0 saturated carbocycles. The summed E-state index contributed by atoms with van der Waals surface area (Å²) in [5.74, 6) is -2.08. The first-order chi connectivity index (χ1) is 9.52. The number of aldehydes is 1. The molecule has 104 valence electrons. The number of hydrogen-bond donors (Lipinski definition) is 0. The second-order valence-electron chi connectivity index (χ2n) is 3.91. The minimum absolute atomic E-state index is 0.0270. The van der Waals surface area contributed by atoms with E-state index in [1.54, 1.807) is 0 Å². The molecule has 2 rings (SSSR count). The molecule has 0 amide bonds. The summed E-state index contributed by atoms with van der Waals surface area (Å²) in [6, 6.07) is 5.64. The normalized spacial score (nSPS) is 10.4. The molecule has 0 heterocycles. The summed E-state index contributed by atoms with van der Waals surface area (Å²) in [6.45, 7) is -0.413. The Morgan fingerprint density at radius 3 is 2.60 bits per heavy atom. The van der Waals surface area contributed by atoms with Crippen LogP contribution in [0.4, 0.5) is 13.2 Å². The van der Waals surface area contributed by atoms with Crippen LogP contribution in [0.3, 0.4) is 0 Å². The van der Waals surface area contributed by atoms with Crippen molar-refractivity contribution in [1.29, 1.82) is 0 Å². The van der Waals surface area contributed by atoms with E-state index in [0.717, 1.165) is 18.2 Å². The summed E-state index contributed by atoms with van der Waals surface area (Å²) < 4.78 is 45.5. The number of carbonyl (C=O) groups is 1. The van der Waals surface area contributed by atoms with E-state index in [4.69, 9.17) is 4.74 Å². The molecule has 0 unspecified atom stereocenters. The third-order valence-corrected chi connectivity index (χ3v) is 3.22. The highest BCUT2D eigenvalue weighted by Gasteiger charge is 2.14.